The van der Waals surface area contributed by atoms with Gasteiger partial charge in [-0.05, 0) is 36.4 Å². The lowest BCUT2D eigenvalue weighted by Gasteiger charge is -2.03. The van der Waals surface area contributed by atoms with Gasteiger partial charge in [-0.3, -0.25) is 0 Å². The summed E-state index contributed by atoms with van der Waals surface area (Å²) in [5, 5.41) is 3.62. The quantitative estimate of drug-likeness (QED) is 0.675. The molecule has 0 saturated carbocycles. The van der Waals surface area contributed by atoms with Crippen LogP contribution in [0.15, 0.2) is 40.9 Å². The largest absolute Gasteiger partial charge is 0.399 e. The number of aromatic nitrogens is 1. The minimum absolute atomic E-state index is 0.326. The number of benzene rings is 2. The van der Waals surface area contributed by atoms with E-state index in [1.54, 1.807) is 18.2 Å². The molecule has 3 nitrogen and oxygen atoms in total. The highest BCUT2D eigenvalue weighted by Crippen LogP contribution is 2.30. The maximum Gasteiger partial charge on any atom is 0.188 e. The van der Waals surface area contributed by atoms with E-state index in [1.807, 2.05) is 12.1 Å². The molecule has 0 aliphatic heterocycles. The van der Waals surface area contributed by atoms with E-state index >= 15 is 0 Å². The lowest BCUT2D eigenvalue weighted by molar-refractivity contribution is 0.631. The number of fused-ring (bicyclic) bond motifs is 1. The van der Waals surface area contributed by atoms with Crippen molar-refractivity contribution in [2.75, 3.05) is 11.1 Å². The van der Waals surface area contributed by atoms with Crippen molar-refractivity contribution in [2.24, 2.45) is 0 Å². The SMILES string of the molecule is Nc1ccc2nc(Nc3ccc(Br)cc3F)sc2c1. The van der Waals surface area contributed by atoms with Crippen molar-refractivity contribution >= 4 is 54.0 Å². The molecule has 6 heteroatoms. The molecule has 0 bridgehead atoms. The fraction of sp³-hybridized carbons (Fsp3) is 0. The van der Waals surface area contributed by atoms with Gasteiger partial charge >= 0.3 is 0 Å². The van der Waals surface area contributed by atoms with Crippen LogP contribution in [0.2, 0.25) is 0 Å². The molecule has 3 N–H and O–H groups in total. The molecular formula is C13H9BrFN3S. The normalized spacial score (nSPS) is 10.8. The van der Waals surface area contributed by atoms with Crippen molar-refractivity contribution < 1.29 is 4.39 Å². The van der Waals surface area contributed by atoms with Crippen molar-refractivity contribution in [1.29, 1.82) is 0 Å². The zero-order valence-electron chi connectivity index (χ0n) is 9.65. The van der Waals surface area contributed by atoms with Crippen LogP contribution in [0.25, 0.3) is 10.2 Å². The fourth-order valence-electron chi connectivity index (χ4n) is 1.70. The third-order valence-electron chi connectivity index (χ3n) is 2.59. The summed E-state index contributed by atoms with van der Waals surface area (Å²) in [6.07, 6.45) is 0. The smallest absolute Gasteiger partial charge is 0.188 e. The van der Waals surface area contributed by atoms with Crippen LogP contribution in [0.4, 0.5) is 20.9 Å². The first-order valence-corrected chi connectivity index (χ1v) is 7.11. The summed E-state index contributed by atoms with van der Waals surface area (Å²) >= 11 is 4.66. The molecule has 0 saturated heterocycles. The first kappa shape index (κ1) is 12.4. The van der Waals surface area contributed by atoms with Crippen LogP contribution in [0.5, 0.6) is 0 Å². The number of nitrogens with two attached hydrogens (primary N) is 1. The van der Waals surface area contributed by atoms with Gasteiger partial charge in [-0.1, -0.05) is 27.3 Å². The van der Waals surface area contributed by atoms with E-state index in [2.05, 4.69) is 26.2 Å². The Bertz CT molecular complexity index is 757. The summed E-state index contributed by atoms with van der Waals surface area (Å²) in [7, 11) is 0. The lowest BCUT2D eigenvalue weighted by atomic mass is 10.3. The number of halogens is 2. The van der Waals surface area contributed by atoms with Crippen molar-refractivity contribution in [3.8, 4) is 0 Å². The minimum Gasteiger partial charge on any atom is -0.399 e. The van der Waals surface area contributed by atoms with Gasteiger partial charge in [0.05, 0.1) is 15.9 Å². The van der Waals surface area contributed by atoms with E-state index in [-0.39, 0.29) is 5.82 Å². The van der Waals surface area contributed by atoms with E-state index < -0.39 is 0 Å². The third-order valence-corrected chi connectivity index (χ3v) is 4.01. The molecule has 3 rings (SSSR count). The summed E-state index contributed by atoms with van der Waals surface area (Å²) in [6.45, 7) is 0. The predicted molar refractivity (Wildman–Crippen MR) is 81.4 cm³/mol. The van der Waals surface area contributed by atoms with Crippen molar-refractivity contribution in [3.63, 3.8) is 0 Å². The Kier molecular flexibility index (Phi) is 3.12. The summed E-state index contributed by atoms with van der Waals surface area (Å²) in [5.41, 5.74) is 7.66. The summed E-state index contributed by atoms with van der Waals surface area (Å²) in [6, 6.07) is 10.4. The fourth-order valence-corrected chi connectivity index (χ4v) is 2.96. The Balaban J connectivity index is 1.96. The number of thiazole rings is 1. The molecule has 3 aromatic rings. The highest BCUT2D eigenvalue weighted by Gasteiger charge is 2.07. The van der Waals surface area contributed by atoms with Gasteiger partial charge in [-0.2, -0.15) is 0 Å². The zero-order chi connectivity index (χ0) is 13.4. The van der Waals surface area contributed by atoms with E-state index in [9.17, 15) is 4.39 Å². The molecule has 0 amide bonds. The molecule has 1 heterocycles. The van der Waals surface area contributed by atoms with Crippen LogP contribution < -0.4 is 11.1 Å². The number of nitrogens with one attached hydrogen (secondary N) is 1. The molecule has 19 heavy (non-hydrogen) atoms. The van der Waals surface area contributed by atoms with Crippen LogP contribution in [0, 0.1) is 5.82 Å². The maximum absolute atomic E-state index is 13.7. The van der Waals surface area contributed by atoms with Crippen LogP contribution in [-0.4, -0.2) is 4.98 Å². The third kappa shape index (κ3) is 2.54. The van der Waals surface area contributed by atoms with Crippen LogP contribution >= 0.6 is 27.3 Å². The van der Waals surface area contributed by atoms with Crippen molar-refractivity contribution in [3.05, 3.63) is 46.7 Å². The summed E-state index contributed by atoms with van der Waals surface area (Å²) in [4.78, 5) is 4.39. The van der Waals surface area contributed by atoms with E-state index in [4.69, 9.17) is 5.73 Å². The molecule has 0 unspecified atom stereocenters. The minimum atomic E-state index is -0.326. The van der Waals surface area contributed by atoms with Gasteiger partial charge in [0.15, 0.2) is 5.13 Å². The Morgan fingerprint density at radius 3 is 2.84 bits per heavy atom. The van der Waals surface area contributed by atoms with Gasteiger partial charge in [0.25, 0.3) is 0 Å². The van der Waals surface area contributed by atoms with Gasteiger partial charge in [-0.25, -0.2) is 9.37 Å². The molecular weight excluding hydrogens is 329 g/mol. The second-order valence-corrected chi connectivity index (χ2v) is 5.94. The highest BCUT2D eigenvalue weighted by molar-refractivity contribution is 9.10. The average molecular weight is 338 g/mol. The van der Waals surface area contributed by atoms with Crippen LogP contribution in [0.3, 0.4) is 0 Å². The molecule has 1 aromatic heterocycles. The van der Waals surface area contributed by atoms with Crippen molar-refractivity contribution in [2.45, 2.75) is 0 Å². The van der Waals surface area contributed by atoms with Gasteiger partial charge < -0.3 is 11.1 Å². The number of rotatable bonds is 2. The Hall–Kier alpha value is -1.66. The first-order chi connectivity index (χ1) is 9.11. The zero-order valence-corrected chi connectivity index (χ0v) is 12.1. The molecule has 0 aliphatic carbocycles. The van der Waals surface area contributed by atoms with Gasteiger partial charge in [0, 0.05) is 10.2 Å². The standard InChI is InChI=1S/C13H9BrFN3S/c14-7-1-3-10(9(15)5-7)17-13-18-11-4-2-8(16)6-12(11)19-13/h1-6H,16H2,(H,17,18). The highest BCUT2D eigenvalue weighted by atomic mass is 79.9. The number of nitrogens with zero attached hydrogens (tertiary/aromatic N) is 1. The Morgan fingerprint density at radius 2 is 2.05 bits per heavy atom. The van der Waals surface area contributed by atoms with Gasteiger partial charge in [0.1, 0.15) is 5.82 Å². The van der Waals surface area contributed by atoms with Crippen molar-refractivity contribution in [1.82, 2.24) is 4.98 Å². The molecule has 2 aromatic carbocycles. The lowest BCUT2D eigenvalue weighted by Crippen LogP contribution is -1.92. The molecule has 0 spiro atoms. The summed E-state index contributed by atoms with van der Waals surface area (Å²) in [5.74, 6) is -0.326. The maximum atomic E-state index is 13.7. The molecule has 96 valence electrons. The Morgan fingerprint density at radius 1 is 1.21 bits per heavy atom. The second kappa shape index (κ2) is 4.79. The van der Waals surface area contributed by atoms with Gasteiger partial charge in [-0.15, -0.1) is 0 Å². The second-order valence-electron chi connectivity index (χ2n) is 4.00. The average Bonchev–Trinajstić information content (AvgIpc) is 2.74. The molecule has 0 atom stereocenters. The number of hydrogen-bond donors (Lipinski definition) is 2. The molecule has 0 fully saturated rings. The molecule has 0 radical (unpaired) electrons. The van der Waals surface area contributed by atoms with E-state index in [0.29, 0.717) is 21.0 Å². The monoisotopic (exact) mass is 337 g/mol. The van der Waals surface area contributed by atoms with Crippen LogP contribution in [-0.2, 0) is 0 Å². The van der Waals surface area contributed by atoms with Gasteiger partial charge in [0.2, 0.25) is 0 Å². The molecule has 0 aliphatic rings. The number of anilines is 3. The topological polar surface area (TPSA) is 50.9 Å². The van der Waals surface area contributed by atoms with E-state index in [0.717, 1.165) is 10.2 Å². The Labute approximate surface area is 121 Å². The number of nitrogen functional groups attached to an aromatic ring is 1. The van der Waals surface area contributed by atoms with Crippen LogP contribution in [0.1, 0.15) is 0 Å². The summed E-state index contributed by atoms with van der Waals surface area (Å²) < 4.78 is 15.4. The predicted octanol–water partition coefficient (Wildman–Crippen LogP) is 4.52. The first-order valence-electron chi connectivity index (χ1n) is 5.50. The number of hydrogen-bond acceptors (Lipinski definition) is 4. The van der Waals surface area contributed by atoms with E-state index in [1.165, 1.54) is 17.4 Å².